The van der Waals surface area contributed by atoms with Crippen molar-refractivity contribution in [2.24, 2.45) is 5.41 Å². The van der Waals surface area contributed by atoms with Crippen LogP contribution in [0.25, 0.3) is 0 Å². The minimum atomic E-state index is -0.207. The summed E-state index contributed by atoms with van der Waals surface area (Å²) in [5, 5.41) is 5.34. The van der Waals surface area contributed by atoms with Gasteiger partial charge in [-0.2, -0.15) is 0 Å². The molecule has 0 aromatic heterocycles. The maximum atomic E-state index is 11.8. The van der Waals surface area contributed by atoms with Crippen molar-refractivity contribution >= 4 is 17.5 Å². The van der Waals surface area contributed by atoms with Crippen LogP contribution < -0.4 is 10.6 Å². The Balaban J connectivity index is 2.85. The molecule has 0 aliphatic heterocycles. The van der Waals surface area contributed by atoms with Gasteiger partial charge in [-0.15, -0.1) is 0 Å². The van der Waals surface area contributed by atoms with Crippen LogP contribution in [-0.2, 0) is 4.79 Å². The fourth-order valence-electron chi connectivity index (χ4n) is 1.60. The van der Waals surface area contributed by atoms with Crippen LogP contribution in [0.2, 0.25) is 0 Å². The lowest BCUT2D eigenvalue weighted by molar-refractivity contribution is -0.117. The third kappa shape index (κ3) is 4.20. The number of anilines is 1. The van der Waals surface area contributed by atoms with Crippen molar-refractivity contribution in [3.05, 3.63) is 29.8 Å². The highest BCUT2D eigenvalue weighted by atomic mass is 16.2. The summed E-state index contributed by atoms with van der Waals surface area (Å²) in [6.07, 6.45) is 0.412. The molecule has 0 saturated carbocycles. The van der Waals surface area contributed by atoms with Gasteiger partial charge >= 0.3 is 0 Å². The van der Waals surface area contributed by atoms with Crippen LogP contribution >= 0.6 is 0 Å². The molecule has 18 heavy (non-hydrogen) atoms. The molecular formula is C14H20N2O2. The second-order valence-corrected chi connectivity index (χ2v) is 5.41. The number of amides is 2. The second kappa shape index (κ2) is 5.67. The molecule has 2 N–H and O–H groups in total. The highest BCUT2D eigenvalue weighted by molar-refractivity contribution is 6.03. The third-order valence-electron chi connectivity index (χ3n) is 2.36. The van der Waals surface area contributed by atoms with Crippen LogP contribution in [0.4, 0.5) is 5.69 Å². The fraction of sp³-hybridized carbons (Fsp3) is 0.429. The summed E-state index contributed by atoms with van der Waals surface area (Å²) in [6.45, 7) is 5.99. The Morgan fingerprint density at radius 3 is 2.33 bits per heavy atom. The molecule has 0 aliphatic rings. The normalized spacial score (nSPS) is 10.9. The van der Waals surface area contributed by atoms with Crippen molar-refractivity contribution in [1.29, 1.82) is 0 Å². The van der Waals surface area contributed by atoms with Crippen molar-refractivity contribution in [2.75, 3.05) is 12.4 Å². The number of hydrogen-bond acceptors (Lipinski definition) is 2. The number of rotatable bonds is 3. The predicted octanol–water partition coefficient (Wildman–Crippen LogP) is 2.42. The van der Waals surface area contributed by atoms with Gasteiger partial charge in [0.2, 0.25) is 5.91 Å². The molecule has 0 saturated heterocycles. The first kappa shape index (κ1) is 14.2. The summed E-state index contributed by atoms with van der Waals surface area (Å²) in [4.78, 5) is 23.5. The standard InChI is InChI=1S/C14H20N2O2/c1-14(2,3)9-12(17)16-11-8-6-5-7-10(11)13(18)15-4/h5-8H,9H2,1-4H3,(H,15,18)(H,16,17). The van der Waals surface area contributed by atoms with E-state index in [4.69, 9.17) is 0 Å². The SMILES string of the molecule is CNC(=O)c1ccccc1NC(=O)CC(C)(C)C. The van der Waals surface area contributed by atoms with Gasteiger partial charge in [-0.05, 0) is 17.5 Å². The molecule has 1 aromatic carbocycles. The van der Waals surface area contributed by atoms with Crippen molar-refractivity contribution in [2.45, 2.75) is 27.2 Å². The van der Waals surface area contributed by atoms with Gasteiger partial charge in [-0.3, -0.25) is 9.59 Å². The van der Waals surface area contributed by atoms with Crippen molar-refractivity contribution in [3.8, 4) is 0 Å². The van der Waals surface area contributed by atoms with Crippen LogP contribution in [0.3, 0.4) is 0 Å². The van der Waals surface area contributed by atoms with Gasteiger partial charge in [-0.25, -0.2) is 0 Å². The molecule has 0 radical (unpaired) electrons. The van der Waals surface area contributed by atoms with E-state index in [0.29, 0.717) is 17.7 Å². The molecule has 0 atom stereocenters. The van der Waals surface area contributed by atoms with Crippen molar-refractivity contribution in [1.82, 2.24) is 5.32 Å². The van der Waals surface area contributed by atoms with Gasteiger partial charge in [0, 0.05) is 13.5 Å². The van der Waals surface area contributed by atoms with E-state index in [-0.39, 0.29) is 17.2 Å². The first-order chi connectivity index (χ1) is 8.33. The van der Waals surface area contributed by atoms with E-state index in [1.165, 1.54) is 0 Å². The highest BCUT2D eigenvalue weighted by Crippen LogP contribution is 2.21. The van der Waals surface area contributed by atoms with Gasteiger partial charge in [0.05, 0.1) is 11.3 Å². The highest BCUT2D eigenvalue weighted by Gasteiger charge is 2.17. The lowest BCUT2D eigenvalue weighted by atomic mass is 9.92. The summed E-state index contributed by atoms with van der Waals surface area (Å²) in [5.41, 5.74) is 0.944. The average Bonchev–Trinajstić information content (AvgIpc) is 2.26. The van der Waals surface area contributed by atoms with E-state index in [1.807, 2.05) is 20.8 Å². The Labute approximate surface area is 108 Å². The largest absolute Gasteiger partial charge is 0.355 e. The van der Waals surface area contributed by atoms with Crippen molar-refractivity contribution in [3.63, 3.8) is 0 Å². The van der Waals surface area contributed by atoms with E-state index in [1.54, 1.807) is 31.3 Å². The Morgan fingerprint density at radius 1 is 1.17 bits per heavy atom. The molecule has 0 heterocycles. The molecule has 0 fully saturated rings. The summed E-state index contributed by atoms with van der Waals surface area (Å²) >= 11 is 0. The number of carbonyl (C=O) groups excluding carboxylic acids is 2. The topological polar surface area (TPSA) is 58.2 Å². The molecule has 4 nitrogen and oxygen atoms in total. The number of hydrogen-bond donors (Lipinski definition) is 2. The predicted molar refractivity (Wildman–Crippen MR) is 72.5 cm³/mol. The maximum Gasteiger partial charge on any atom is 0.253 e. The lowest BCUT2D eigenvalue weighted by Gasteiger charge is -2.18. The third-order valence-corrected chi connectivity index (χ3v) is 2.36. The lowest BCUT2D eigenvalue weighted by Crippen LogP contribution is -2.23. The van der Waals surface area contributed by atoms with E-state index in [2.05, 4.69) is 10.6 Å². The summed E-state index contributed by atoms with van der Waals surface area (Å²) in [5.74, 6) is -0.291. The Bertz CT molecular complexity index is 447. The fourth-order valence-corrected chi connectivity index (χ4v) is 1.60. The van der Waals surface area contributed by atoms with Crippen molar-refractivity contribution < 1.29 is 9.59 Å². The summed E-state index contributed by atoms with van der Waals surface area (Å²) in [7, 11) is 1.57. The van der Waals surface area contributed by atoms with Crippen LogP contribution in [0.5, 0.6) is 0 Å². The Morgan fingerprint density at radius 2 is 1.78 bits per heavy atom. The quantitative estimate of drug-likeness (QED) is 0.863. The molecular weight excluding hydrogens is 228 g/mol. The van der Waals surface area contributed by atoms with E-state index in [0.717, 1.165) is 0 Å². The monoisotopic (exact) mass is 248 g/mol. The van der Waals surface area contributed by atoms with Crippen LogP contribution in [0.15, 0.2) is 24.3 Å². The second-order valence-electron chi connectivity index (χ2n) is 5.41. The molecule has 1 rings (SSSR count). The molecule has 0 spiro atoms. The Hall–Kier alpha value is -1.84. The number of benzene rings is 1. The molecule has 98 valence electrons. The zero-order valence-electron chi connectivity index (χ0n) is 11.3. The molecule has 0 unspecified atom stereocenters. The molecule has 4 heteroatoms. The van der Waals surface area contributed by atoms with Gasteiger partial charge < -0.3 is 10.6 Å². The minimum Gasteiger partial charge on any atom is -0.355 e. The first-order valence-electron chi connectivity index (χ1n) is 5.94. The average molecular weight is 248 g/mol. The molecule has 0 aliphatic carbocycles. The Kier molecular flexibility index (Phi) is 4.48. The van der Waals surface area contributed by atoms with E-state index >= 15 is 0 Å². The maximum absolute atomic E-state index is 11.8. The summed E-state index contributed by atoms with van der Waals surface area (Å²) < 4.78 is 0. The first-order valence-corrected chi connectivity index (χ1v) is 5.94. The zero-order valence-corrected chi connectivity index (χ0v) is 11.3. The van der Waals surface area contributed by atoms with E-state index < -0.39 is 0 Å². The van der Waals surface area contributed by atoms with Gasteiger partial charge in [0.1, 0.15) is 0 Å². The number of nitrogens with one attached hydrogen (secondary N) is 2. The van der Waals surface area contributed by atoms with Crippen LogP contribution in [-0.4, -0.2) is 18.9 Å². The number of para-hydroxylation sites is 1. The van der Waals surface area contributed by atoms with Gasteiger partial charge in [0.15, 0.2) is 0 Å². The zero-order chi connectivity index (χ0) is 13.8. The van der Waals surface area contributed by atoms with E-state index in [9.17, 15) is 9.59 Å². The van der Waals surface area contributed by atoms with Crippen LogP contribution in [0.1, 0.15) is 37.6 Å². The number of carbonyl (C=O) groups is 2. The molecule has 2 amide bonds. The smallest absolute Gasteiger partial charge is 0.253 e. The van der Waals surface area contributed by atoms with Gasteiger partial charge in [-0.1, -0.05) is 32.9 Å². The summed E-state index contributed by atoms with van der Waals surface area (Å²) in [6, 6.07) is 6.97. The van der Waals surface area contributed by atoms with Crippen LogP contribution in [0, 0.1) is 5.41 Å². The van der Waals surface area contributed by atoms with Gasteiger partial charge in [0.25, 0.3) is 5.91 Å². The molecule has 1 aromatic rings. The minimum absolute atomic E-state index is 0.0773. The molecule has 0 bridgehead atoms.